The van der Waals surface area contributed by atoms with E-state index in [0.29, 0.717) is 11.4 Å². The number of benzene rings is 2. The number of rotatable bonds is 2. The third kappa shape index (κ3) is 2.52. The Hall–Kier alpha value is -1.55. The highest BCUT2D eigenvalue weighted by Crippen LogP contribution is 2.26. The fraction of sp³-hybridized carbons (Fsp3) is 0. The predicted molar refractivity (Wildman–Crippen MR) is 68.2 cm³/mol. The predicted octanol–water partition coefficient (Wildman–Crippen LogP) is 3.91. The van der Waals surface area contributed by atoms with Crippen molar-refractivity contribution >= 4 is 33.0 Å². The molecule has 0 fully saturated rings. The van der Waals surface area contributed by atoms with Gasteiger partial charge in [0.2, 0.25) is 0 Å². The van der Waals surface area contributed by atoms with Crippen molar-refractivity contribution in [3.8, 4) is 0 Å². The molecule has 0 aliphatic heterocycles. The number of para-hydroxylation sites is 1. The van der Waals surface area contributed by atoms with Gasteiger partial charge in [-0.25, -0.2) is 4.39 Å². The molecule has 0 radical (unpaired) electrons. The van der Waals surface area contributed by atoms with Crippen LogP contribution >= 0.6 is 15.9 Å². The van der Waals surface area contributed by atoms with Crippen molar-refractivity contribution in [3.63, 3.8) is 0 Å². The maximum atomic E-state index is 13.1. The summed E-state index contributed by atoms with van der Waals surface area (Å²) in [6, 6.07) is 12.0. The van der Waals surface area contributed by atoms with Gasteiger partial charge in [0.05, 0.1) is 5.69 Å². The summed E-state index contributed by atoms with van der Waals surface area (Å²) in [5.74, 6) is -0.352. The first-order chi connectivity index (χ1) is 7.65. The van der Waals surface area contributed by atoms with Gasteiger partial charge in [0, 0.05) is 15.8 Å². The Morgan fingerprint density at radius 2 is 1.88 bits per heavy atom. The van der Waals surface area contributed by atoms with E-state index in [1.54, 1.807) is 6.07 Å². The van der Waals surface area contributed by atoms with E-state index in [1.165, 1.54) is 12.1 Å². The summed E-state index contributed by atoms with van der Waals surface area (Å²) >= 11 is 3.40. The highest BCUT2D eigenvalue weighted by Gasteiger charge is 2.01. The molecule has 82 valence electrons. The molecule has 4 heteroatoms. The number of nitrogen functional groups attached to an aromatic ring is 1. The van der Waals surface area contributed by atoms with E-state index < -0.39 is 0 Å². The molecule has 0 atom stereocenters. The molecule has 2 aromatic rings. The summed E-state index contributed by atoms with van der Waals surface area (Å²) in [7, 11) is 0. The molecule has 0 amide bonds. The summed E-state index contributed by atoms with van der Waals surface area (Å²) in [5, 5.41) is 3.09. The second-order valence-electron chi connectivity index (χ2n) is 3.38. The van der Waals surface area contributed by atoms with Crippen LogP contribution in [0.25, 0.3) is 0 Å². The lowest BCUT2D eigenvalue weighted by Gasteiger charge is -2.09. The van der Waals surface area contributed by atoms with E-state index in [0.717, 1.165) is 10.2 Å². The fourth-order valence-electron chi connectivity index (χ4n) is 1.40. The smallest absolute Gasteiger partial charge is 0.127 e. The van der Waals surface area contributed by atoms with Gasteiger partial charge in [-0.15, -0.1) is 0 Å². The molecule has 0 aliphatic rings. The summed E-state index contributed by atoms with van der Waals surface area (Å²) in [6.45, 7) is 0. The average Bonchev–Trinajstić information content (AvgIpc) is 2.20. The van der Waals surface area contributed by atoms with Gasteiger partial charge in [-0.2, -0.15) is 0 Å². The Morgan fingerprint density at radius 3 is 2.56 bits per heavy atom. The molecule has 0 saturated carbocycles. The van der Waals surface area contributed by atoms with E-state index in [9.17, 15) is 4.39 Å². The quantitative estimate of drug-likeness (QED) is 0.819. The first-order valence-corrected chi connectivity index (χ1v) is 5.52. The highest BCUT2D eigenvalue weighted by atomic mass is 79.9. The van der Waals surface area contributed by atoms with Crippen LogP contribution < -0.4 is 11.1 Å². The third-order valence-electron chi connectivity index (χ3n) is 2.07. The number of nitrogens with two attached hydrogens (primary N) is 1. The Morgan fingerprint density at radius 1 is 1.12 bits per heavy atom. The van der Waals surface area contributed by atoms with Gasteiger partial charge in [-0.05, 0) is 46.3 Å². The zero-order valence-electron chi connectivity index (χ0n) is 8.37. The number of halogens is 2. The second-order valence-corrected chi connectivity index (χ2v) is 4.23. The van der Waals surface area contributed by atoms with Crippen molar-refractivity contribution in [2.75, 3.05) is 11.1 Å². The lowest BCUT2D eigenvalue weighted by molar-refractivity contribution is 0.629. The largest absolute Gasteiger partial charge is 0.399 e. The van der Waals surface area contributed by atoms with Gasteiger partial charge in [0.15, 0.2) is 0 Å². The van der Waals surface area contributed by atoms with Gasteiger partial charge in [-0.3, -0.25) is 0 Å². The summed E-state index contributed by atoms with van der Waals surface area (Å²) < 4.78 is 14.0. The Balaban J connectivity index is 2.30. The van der Waals surface area contributed by atoms with Crippen molar-refractivity contribution in [1.82, 2.24) is 0 Å². The van der Waals surface area contributed by atoms with Crippen LogP contribution in [0, 0.1) is 5.82 Å². The molecule has 0 heterocycles. The van der Waals surface area contributed by atoms with Crippen molar-refractivity contribution in [1.29, 1.82) is 0 Å². The Labute approximate surface area is 101 Å². The molecular weight excluding hydrogens is 271 g/mol. The number of nitrogens with one attached hydrogen (secondary N) is 1. The zero-order chi connectivity index (χ0) is 11.5. The Kier molecular flexibility index (Phi) is 3.10. The number of hydrogen-bond acceptors (Lipinski definition) is 2. The molecule has 2 aromatic carbocycles. The standard InChI is InChI=1S/C12H10BrFN2/c13-11-3-1-2-4-12(11)16-10-6-8(14)5-9(15)7-10/h1-7,16H,15H2. The molecule has 0 bridgehead atoms. The van der Waals surface area contributed by atoms with Gasteiger partial charge in [0.1, 0.15) is 5.82 Å². The zero-order valence-corrected chi connectivity index (χ0v) is 9.96. The van der Waals surface area contributed by atoms with Crippen molar-refractivity contribution in [3.05, 3.63) is 52.8 Å². The van der Waals surface area contributed by atoms with E-state index >= 15 is 0 Å². The van der Waals surface area contributed by atoms with Crippen LogP contribution in [0.1, 0.15) is 0 Å². The first-order valence-electron chi connectivity index (χ1n) is 4.73. The van der Waals surface area contributed by atoms with E-state index in [1.807, 2.05) is 24.3 Å². The molecule has 0 saturated heterocycles. The summed E-state index contributed by atoms with van der Waals surface area (Å²) in [6.07, 6.45) is 0. The van der Waals surface area contributed by atoms with Crippen LogP contribution in [0.2, 0.25) is 0 Å². The van der Waals surface area contributed by atoms with Crippen LogP contribution in [-0.4, -0.2) is 0 Å². The molecule has 2 rings (SSSR count). The average molecular weight is 281 g/mol. The minimum atomic E-state index is -0.352. The number of anilines is 3. The van der Waals surface area contributed by atoms with Crippen molar-refractivity contribution < 1.29 is 4.39 Å². The fourth-order valence-corrected chi connectivity index (χ4v) is 1.79. The summed E-state index contributed by atoms with van der Waals surface area (Å²) in [5.41, 5.74) is 7.45. The Bertz CT molecular complexity index is 494. The normalized spacial score (nSPS) is 10.1. The van der Waals surface area contributed by atoms with Crippen molar-refractivity contribution in [2.45, 2.75) is 0 Å². The van der Waals surface area contributed by atoms with Gasteiger partial charge < -0.3 is 11.1 Å². The van der Waals surface area contributed by atoms with E-state index in [-0.39, 0.29) is 5.82 Å². The summed E-state index contributed by atoms with van der Waals surface area (Å²) in [4.78, 5) is 0. The van der Waals surface area contributed by atoms with Crippen LogP contribution in [0.3, 0.4) is 0 Å². The lowest BCUT2D eigenvalue weighted by atomic mass is 10.2. The van der Waals surface area contributed by atoms with Crippen LogP contribution in [0.15, 0.2) is 46.9 Å². The molecule has 3 N–H and O–H groups in total. The minimum Gasteiger partial charge on any atom is -0.399 e. The molecule has 0 aliphatic carbocycles. The first kappa shape index (κ1) is 11.0. The van der Waals surface area contributed by atoms with Crippen LogP contribution in [0.4, 0.5) is 21.5 Å². The SMILES string of the molecule is Nc1cc(F)cc(Nc2ccccc2Br)c1. The van der Waals surface area contributed by atoms with Gasteiger partial charge in [0.25, 0.3) is 0 Å². The minimum absolute atomic E-state index is 0.352. The maximum absolute atomic E-state index is 13.1. The van der Waals surface area contributed by atoms with E-state index in [2.05, 4.69) is 21.2 Å². The van der Waals surface area contributed by atoms with Gasteiger partial charge in [-0.1, -0.05) is 12.1 Å². The van der Waals surface area contributed by atoms with Crippen LogP contribution in [-0.2, 0) is 0 Å². The van der Waals surface area contributed by atoms with Crippen molar-refractivity contribution in [2.24, 2.45) is 0 Å². The molecule has 16 heavy (non-hydrogen) atoms. The molecular formula is C12H10BrFN2. The maximum Gasteiger partial charge on any atom is 0.127 e. The second kappa shape index (κ2) is 4.53. The molecule has 2 nitrogen and oxygen atoms in total. The highest BCUT2D eigenvalue weighted by molar-refractivity contribution is 9.10. The molecule has 0 spiro atoms. The van der Waals surface area contributed by atoms with E-state index in [4.69, 9.17) is 5.73 Å². The monoisotopic (exact) mass is 280 g/mol. The molecule has 0 aromatic heterocycles. The van der Waals surface area contributed by atoms with Crippen LogP contribution in [0.5, 0.6) is 0 Å². The van der Waals surface area contributed by atoms with Gasteiger partial charge >= 0.3 is 0 Å². The number of hydrogen-bond donors (Lipinski definition) is 2. The molecule has 0 unspecified atom stereocenters. The lowest BCUT2D eigenvalue weighted by Crippen LogP contribution is -1.94. The third-order valence-corrected chi connectivity index (χ3v) is 2.76. The topological polar surface area (TPSA) is 38.0 Å².